The summed E-state index contributed by atoms with van der Waals surface area (Å²) in [7, 11) is 0. The Balaban J connectivity index is 1.40. The van der Waals surface area contributed by atoms with Crippen molar-refractivity contribution in [2.24, 2.45) is 0 Å². The third-order valence-corrected chi connectivity index (χ3v) is 4.92. The highest BCUT2D eigenvalue weighted by atomic mass is 16.5. The number of nitrogens with one attached hydrogen (secondary N) is 1. The van der Waals surface area contributed by atoms with E-state index in [1.165, 1.54) is 6.33 Å². The maximum Gasteiger partial charge on any atom is 0.244 e. The largest absolute Gasteiger partial charge is 0.376 e. The number of fused-ring (bicyclic) bond motifs is 1. The van der Waals surface area contributed by atoms with Gasteiger partial charge in [0.05, 0.1) is 11.8 Å². The zero-order valence-corrected chi connectivity index (χ0v) is 14.7. The smallest absolute Gasteiger partial charge is 0.244 e. The molecule has 1 amide bonds. The first-order chi connectivity index (χ1) is 12.8. The molecule has 1 N–H and O–H groups in total. The van der Waals surface area contributed by atoms with Gasteiger partial charge in [-0.3, -0.25) is 4.79 Å². The number of anilines is 1. The number of amides is 1. The summed E-state index contributed by atoms with van der Waals surface area (Å²) < 4.78 is 7.22. The van der Waals surface area contributed by atoms with E-state index in [4.69, 9.17) is 4.74 Å². The van der Waals surface area contributed by atoms with Crippen LogP contribution in [0.5, 0.6) is 0 Å². The van der Waals surface area contributed by atoms with E-state index in [-0.39, 0.29) is 18.6 Å². The lowest BCUT2D eigenvalue weighted by atomic mass is 10.1. The summed E-state index contributed by atoms with van der Waals surface area (Å²) in [5.41, 5.74) is 2.13. The van der Waals surface area contributed by atoms with Crippen molar-refractivity contribution in [1.82, 2.24) is 29.6 Å². The zero-order chi connectivity index (χ0) is 17.8. The third-order valence-electron chi connectivity index (χ3n) is 4.92. The molecule has 0 aromatic carbocycles. The summed E-state index contributed by atoms with van der Waals surface area (Å²) in [6.45, 7) is 3.13. The normalized spacial score (nSPS) is 19.8. The van der Waals surface area contributed by atoms with E-state index in [1.54, 1.807) is 17.3 Å². The minimum absolute atomic E-state index is 0.0464. The molecule has 0 unspecified atom stereocenters. The van der Waals surface area contributed by atoms with Crippen LogP contribution in [0, 0.1) is 0 Å². The molecule has 0 saturated carbocycles. The van der Waals surface area contributed by atoms with Crippen molar-refractivity contribution >= 4 is 11.7 Å². The van der Waals surface area contributed by atoms with Crippen molar-refractivity contribution in [3.63, 3.8) is 0 Å². The van der Waals surface area contributed by atoms with Crippen LogP contribution in [0.4, 0.5) is 5.82 Å². The molecule has 0 radical (unpaired) electrons. The molecule has 2 aromatic heterocycles. The number of carbonyl (C=O) groups is 1. The Morgan fingerprint density at radius 3 is 3.00 bits per heavy atom. The molecule has 2 aliphatic heterocycles. The van der Waals surface area contributed by atoms with Crippen molar-refractivity contribution in [3.05, 3.63) is 30.2 Å². The van der Waals surface area contributed by atoms with Crippen LogP contribution >= 0.6 is 0 Å². The molecule has 0 aliphatic carbocycles. The van der Waals surface area contributed by atoms with Crippen LogP contribution in [0.15, 0.2) is 19.0 Å². The number of ether oxygens (including phenoxy) is 1. The highest BCUT2D eigenvalue weighted by Crippen LogP contribution is 2.21. The van der Waals surface area contributed by atoms with Crippen LogP contribution in [0.1, 0.15) is 24.1 Å². The van der Waals surface area contributed by atoms with Crippen molar-refractivity contribution in [3.8, 4) is 0 Å². The van der Waals surface area contributed by atoms with Gasteiger partial charge < -0.3 is 15.0 Å². The van der Waals surface area contributed by atoms with Gasteiger partial charge in [0.15, 0.2) is 0 Å². The first-order valence-corrected chi connectivity index (χ1v) is 9.08. The Labute approximate surface area is 151 Å². The van der Waals surface area contributed by atoms with Crippen LogP contribution < -0.4 is 5.32 Å². The second kappa shape index (κ2) is 7.77. The van der Waals surface area contributed by atoms with Gasteiger partial charge in [-0.2, -0.15) is 5.10 Å². The summed E-state index contributed by atoms with van der Waals surface area (Å²) in [5, 5.41) is 7.42. The van der Waals surface area contributed by atoms with Gasteiger partial charge in [-0.1, -0.05) is 0 Å². The molecule has 26 heavy (non-hydrogen) atoms. The van der Waals surface area contributed by atoms with E-state index < -0.39 is 0 Å². The molecule has 0 spiro atoms. The van der Waals surface area contributed by atoms with E-state index in [2.05, 4.69) is 25.4 Å². The summed E-state index contributed by atoms with van der Waals surface area (Å²) in [4.78, 5) is 27.1. The molecule has 4 rings (SSSR count). The van der Waals surface area contributed by atoms with Gasteiger partial charge in [0.1, 0.15) is 31.3 Å². The predicted molar refractivity (Wildman–Crippen MR) is 93.5 cm³/mol. The monoisotopic (exact) mass is 357 g/mol. The Kier molecular flexibility index (Phi) is 5.05. The van der Waals surface area contributed by atoms with Crippen LogP contribution in [0.3, 0.4) is 0 Å². The molecule has 9 heteroatoms. The SMILES string of the molecule is O=C(Cn1cncn1)N1CCc2ncnc(NC[C@@H]3CCCO3)c2CC1. The Hall–Kier alpha value is -2.55. The minimum atomic E-state index is 0.0464. The number of hydrogen-bond donors (Lipinski definition) is 1. The van der Waals surface area contributed by atoms with Crippen molar-refractivity contribution in [2.45, 2.75) is 38.3 Å². The first kappa shape index (κ1) is 16.9. The quantitative estimate of drug-likeness (QED) is 0.821. The zero-order valence-electron chi connectivity index (χ0n) is 14.7. The van der Waals surface area contributed by atoms with Crippen LogP contribution in [0.2, 0.25) is 0 Å². The Bertz CT molecular complexity index is 744. The highest BCUT2D eigenvalue weighted by molar-refractivity contribution is 5.76. The Morgan fingerprint density at radius 1 is 1.27 bits per heavy atom. The average Bonchev–Trinajstić information content (AvgIpc) is 3.30. The molecule has 4 heterocycles. The standard InChI is InChI=1S/C17H23N7O2/c25-16(9-24-12-18-10-22-24)23-5-3-14-15(4-6-23)20-11-21-17(14)19-8-13-2-1-7-26-13/h10-13H,1-9H2,(H,19,20,21)/t13-/m0/s1. The number of aromatic nitrogens is 5. The maximum atomic E-state index is 12.5. The fraction of sp³-hybridized carbons (Fsp3) is 0.588. The summed E-state index contributed by atoms with van der Waals surface area (Å²) in [5.74, 6) is 0.918. The van der Waals surface area contributed by atoms with Crippen LogP contribution in [0.25, 0.3) is 0 Å². The lowest BCUT2D eigenvalue weighted by Gasteiger charge is -2.20. The Morgan fingerprint density at radius 2 is 2.19 bits per heavy atom. The van der Waals surface area contributed by atoms with Crippen LogP contribution in [-0.4, -0.2) is 67.9 Å². The molecular formula is C17H23N7O2. The van der Waals surface area contributed by atoms with Gasteiger partial charge in [0, 0.05) is 38.2 Å². The maximum absolute atomic E-state index is 12.5. The molecule has 138 valence electrons. The van der Waals surface area contributed by atoms with Gasteiger partial charge in [-0.25, -0.2) is 19.6 Å². The summed E-state index contributed by atoms with van der Waals surface area (Å²) in [6.07, 6.45) is 8.54. The van der Waals surface area contributed by atoms with Gasteiger partial charge >= 0.3 is 0 Å². The molecule has 0 bridgehead atoms. The van der Waals surface area contributed by atoms with Gasteiger partial charge in [0.2, 0.25) is 5.91 Å². The first-order valence-electron chi connectivity index (χ1n) is 9.08. The molecular weight excluding hydrogens is 334 g/mol. The van der Waals surface area contributed by atoms with E-state index in [9.17, 15) is 4.79 Å². The van der Waals surface area contributed by atoms with E-state index in [0.717, 1.165) is 55.9 Å². The lowest BCUT2D eigenvalue weighted by Crippen LogP contribution is -2.36. The third kappa shape index (κ3) is 3.82. The molecule has 1 saturated heterocycles. The summed E-state index contributed by atoms with van der Waals surface area (Å²) in [6, 6.07) is 0. The number of carbonyl (C=O) groups excluding carboxylic acids is 1. The second-order valence-electron chi connectivity index (χ2n) is 6.64. The second-order valence-corrected chi connectivity index (χ2v) is 6.64. The van der Waals surface area contributed by atoms with Gasteiger partial charge in [-0.15, -0.1) is 0 Å². The molecule has 1 fully saturated rings. The van der Waals surface area contributed by atoms with Gasteiger partial charge in [0.25, 0.3) is 0 Å². The molecule has 1 atom stereocenters. The molecule has 2 aromatic rings. The highest BCUT2D eigenvalue weighted by Gasteiger charge is 2.23. The van der Waals surface area contributed by atoms with E-state index in [1.807, 2.05) is 4.90 Å². The van der Waals surface area contributed by atoms with Crippen molar-refractivity contribution in [2.75, 3.05) is 31.6 Å². The van der Waals surface area contributed by atoms with Crippen molar-refractivity contribution in [1.29, 1.82) is 0 Å². The molecule has 2 aliphatic rings. The van der Waals surface area contributed by atoms with E-state index in [0.29, 0.717) is 13.1 Å². The van der Waals surface area contributed by atoms with Gasteiger partial charge in [-0.05, 0) is 19.3 Å². The number of hydrogen-bond acceptors (Lipinski definition) is 7. The number of nitrogens with zero attached hydrogens (tertiary/aromatic N) is 6. The molecule has 9 nitrogen and oxygen atoms in total. The topological polar surface area (TPSA) is 98.1 Å². The minimum Gasteiger partial charge on any atom is -0.376 e. The predicted octanol–water partition coefficient (Wildman–Crippen LogP) is 0.286. The fourth-order valence-electron chi connectivity index (χ4n) is 3.50. The van der Waals surface area contributed by atoms with Crippen LogP contribution in [-0.2, 0) is 28.9 Å². The average molecular weight is 357 g/mol. The lowest BCUT2D eigenvalue weighted by molar-refractivity contribution is -0.131. The number of rotatable bonds is 5. The van der Waals surface area contributed by atoms with E-state index >= 15 is 0 Å². The van der Waals surface area contributed by atoms with Crippen molar-refractivity contribution < 1.29 is 9.53 Å². The summed E-state index contributed by atoms with van der Waals surface area (Å²) >= 11 is 0. The fourth-order valence-corrected chi connectivity index (χ4v) is 3.50.